The Morgan fingerprint density at radius 3 is 2.12 bits per heavy atom. The highest BCUT2D eigenvalue weighted by molar-refractivity contribution is 7.88. The highest BCUT2D eigenvalue weighted by Crippen LogP contribution is 2.12. The molecule has 0 aliphatic heterocycles. The summed E-state index contributed by atoms with van der Waals surface area (Å²) in [5, 5.41) is 13.7. The van der Waals surface area contributed by atoms with Gasteiger partial charge in [-0.2, -0.15) is 4.31 Å². The molecule has 32 heavy (non-hydrogen) atoms. The summed E-state index contributed by atoms with van der Waals surface area (Å²) in [5.74, 6) is 0.322. The van der Waals surface area contributed by atoms with Crippen LogP contribution in [0.3, 0.4) is 0 Å². The van der Waals surface area contributed by atoms with Gasteiger partial charge in [0.05, 0.1) is 18.4 Å². The van der Waals surface area contributed by atoms with Gasteiger partial charge in [0.2, 0.25) is 10.0 Å². The number of amides is 1. The van der Waals surface area contributed by atoms with Gasteiger partial charge in [-0.05, 0) is 29.9 Å². The second-order valence-corrected chi connectivity index (χ2v) is 10.4. The van der Waals surface area contributed by atoms with Gasteiger partial charge in [-0.3, -0.25) is 0 Å². The number of alkyl carbamates (subject to hydrolysis) is 1. The first kappa shape index (κ1) is 25.8. The number of nitrogens with one attached hydrogen (secondary N) is 1. The molecule has 7 nitrogen and oxygen atoms in total. The zero-order valence-electron chi connectivity index (χ0n) is 19.0. The summed E-state index contributed by atoms with van der Waals surface area (Å²) in [6.45, 7) is 4.33. The molecule has 2 aromatic rings. The molecule has 2 atom stereocenters. The van der Waals surface area contributed by atoms with Crippen LogP contribution in [-0.2, 0) is 27.8 Å². The molecule has 2 rings (SSSR count). The van der Waals surface area contributed by atoms with Crippen molar-refractivity contribution < 1.29 is 23.1 Å². The number of rotatable bonds is 12. The number of carbonyl (C=O) groups is 1. The number of aliphatic hydroxyl groups is 1. The minimum atomic E-state index is -3.51. The number of carbonyl (C=O) groups excluding carboxylic acids is 1. The van der Waals surface area contributed by atoms with E-state index in [9.17, 15) is 18.3 Å². The fourth-order valence-corrected chi connectivity index (χ4v) is 4.06. The number of hydrogen-bond donors (Lipinski definition) is 2. The maximum atomic E-state index is 12.4. The lowest BCUT2D eigenvalue weighted by Gasteiger charge is -2.29. The number of ether oxygens (including phenoxy) is 1. The van der Waals surface area contributed by atoms with Crippen LogP contribution in [0.1, 0.15) is 31.4 Å². The second-order valence-electron chi connectivity index (χ2n) is 8.37. The maximum absolute atomic E-state index is 12.4. The third-order valence-corrected chi connectivity index (χ3v) is 6.36. The van der Waals surface area contributed by atoms with Crippen LogP contribution in [0, 0.1) is 5.92 Å². The van der Waals surface area contributed by atoms with Crippen LogP contribution in [-0.4, -0.2) is 55.4 Å². The van der Waals surface area contributed by atoms with Gasteiger partial charge in [-0.15, -0.1) is 0 Å². The van der Waals surface area contributed by atoms with Crippen molar-refractivity contribution in [2.24, 2.45) is 5.92 Å². The Bertz CT molecular complexity index is 920. The summed E-state index contributed by atoms with van der Waals surface area (Å²) in [4.78, 5) is 12.4. The van der Waals surface area contributed by atoms with E-state index in [1.165, 1.54) is 4.31 Å². The molecule has 0 aliphatic carbocycles. The van der Waals surface area contributed by atoms with Crippen molar-refractivity contribution in [2.45, 2.75) is 45.4 Å². The molecule has 0 fully saturated rings. The van der Waals surface area contributed by atoms with Crippen molar-refractivity contribution >= 4 is 16.1 Å². The number of nitrogens with zero attached hydrogens (tertiary/aromatic N) is 1. The van der Waals surface area contributed by atoms with Crippen LogP contribution in [0.15, 0.2) is 60.7 Å². The van der Waals surface area contributed by atoms with Gasteiger partial charge in [0.15, 0.2) is 0 Å². The molecule has 8 heteroatoms. The first-order valence-corrected chi connectivity index (χ1v) is 12.6. The molecular formula is C24H34N2O5S. The van der Waals surface area contributed by atoms with E-state index in [1.807, 2.05) is 74.5 Å². The molecule has 1 amide bonds. The number of benzene rings is 2. The van der Waals surface area contributed by atoms with E-state index in [-0.39, 0.29) is 13.2 Å². The normalized spacial score (nSPS) is 13.7. The van der Waals surface area contributed by atoms with Gasteiger partial charge in [-0.1, -0.05) is 74.5 Å². The predicted octanol–water partition coefficient (Wildman–Crippen LogP) is 3.19. The second kappa shape index (κ2) is 12.6. The molecule has 0 aromatic heterocycles. The Hall–Kier alpha value is -2.42. The van der Waals surface area contributed by atoms with Gasteiger partial charge in [0.1, 0.15) is 6.61 Å². The van der Waals surface area contributed by atoms with E-state index < -0.39 is 28.3 Å². The molecule has 176 valence electrons. The molecule has 0 bridgehead atoms. The summed E-state index contributed by atoms with van der Waals surface area (Å²) in [6, 6.07) is 18.0. The lowest BCUT2D eigenvalue weighted by Crippen LogP contribution is -2.50. The van der Waals surface area contributed by atoms with Crippen molar-refractivity contribution in [1.82, 2.24) is 9.62 Å². The molecule has 2 N–H and O–H groups in total. The van der Waals surface area contributed by atoms with Crippen LogP contribution in [0.5, 0.6) is 0 Å². The smallest absolute Gasteiger partial charge is 0.407 e. The van der Waals surface area contributed by atoms with E-state index in [1.54, 1.807) is 0 Å². The first-order valence-electron chi connectivity index (χ1n) is 10.8. The lowest BCUT2D eigenvalue weighted by atomic mass is 10.0. The molecule has 0 spiro atoms. The number of hydrogen-bond acceptors (Lipinski definition) is 5. The summed E-state index contributed by atoms with van der Waals surface area (Å²) in [7, 11) is -3.51. The van der Waals surface area contributed by atoms with Crippen LogP contribution in [0.25, 0.3) is 0 Å². The van der Waals surface area contributed by atoms with E-state index in [0.29, 0.717) is 25.3 Å². The van der Waals surface area contributed by atoms with E-state index >= 15 is 0 Å². The molecular weight excluding hydrogens is 428 g/mol. The fourth-order valence-electron chi connectivity index (χ4n) is 3.20. The summed E-state index contributed by atoms with van der Waals surface area (Å²) >= 11 is 0. The monoisotopic (exact) mass is 462 g/mol. The molecule has 0 saturated heterocycles. The van der Waals surface area contributed by atoms with Gasteiger partial charge in [0.25, 0.3) is 0 Å². The fraction of sp³-hybridized carbons (Fsp3) is 0.458. The topological polar surface area (TPSA) is 95.9 Å². The van der Waals surface area contributed by atoms with Crippen molar-refractivity contribution in [1.29, 1.82) is 0 Å². The highest BCUT2D eigenvalue weighted by Gasteiger charge is 2.28. The number of sulfonamides is 1. The maximum Gasteiger partial charge on any atom is 0.407 e. The summed E-state index contributed by atoms with van der Waals surface area (Å²) in [5.41, 5.74) is 1.76. The van der Waals surface area contributed by atoms with Crippen LogP contribution < -0.4 is 5.32 Å². The minimum Gasteiger partial charge on any atom is -0.445 e. The SMILES string of the molecule is CC(C)CCN(C[C@H](O)C(Cc1ccccc1)NC(=O)OCc1ccccc1)S(C)(=O)=O. The van der Waals surface area contributed by atoms with Crippen molar-refractivity contribution in [2.75, 3.05) is 19.3 Å². The Labute approximate surface area is 191 Å². The lowest BCUT2D eigenvalue weighted by molar-refractivity contribution is 0.0884. The summed E-state index contributed by atoms with van der Waals surface area (Å²) in [6.07, 6.45) is 0.372. The number of aliphatic hydroxyl groups excluding tert-OH is 1. The average Bonchev–Trinajstić information content (AvgIpc) is 2.75. The van der Waals surface area contributed by atoms with Gasteiger partial charge in [0, 0.05) is 13.1 Å². The van der Waals surface area contributed by atoms with Gasteiger partial charge < -0.3 is 15.2 Å². The summed E-state index contributed by atoms with van der Waals surface area (Å²) < 4.78 is 31.1. The molecule has 0 heterocycles. The largest absolute Gasteiger partial charge is 0.445 e. The molecule has 0 aliphatic rings. The van der Waals surface area contributed by atoms with Gasteiger partial charge in [-0.25, -0.2) is 13.2 Å². The average molecular weight is 463 g/mol. The van der Waals surface area contributed by atoms with Crippen LogP contribution >= 0.6 is 0 Å². The van der Waals surface area contributed by atoms with Gasteiger partial charge >= 0.3 is 6.09 Å². The Morgan fingerprint density at radius 1 is 1.03 bits per heavy atom. The predicted molar refractivity (Wildman–Crippen MR) is 126 cm³/mol. The Balaban J connectivity index is 2.09. The molecule has 2 aromatic carbocycles. The molecule has 1 unspecified atom stereocenters. The van der Waals surface area contributed by atoms with E-state index in [0.717, 1.165) is 17.4 Å². The minimum absolute atomic E-state index is 0.102. The molecule has 0 radical (unpaired) electrons. The van der Waals surface area contributed by atoms with Crippen LogP contribution in [0.4, 0.5) is 4.79 Å². The van der Waals surface area contributed by atoms with Crippen molar-refractivity contribution in [3.05, 3.63) is 71.8 Å². The molecule has 0 saturated carbocycles. The van der Waals surface area contributed by atoms with E-state index in [2.05, 4.69) is 5.32 Å². The Morgan fingerprint density at radius 2 is 1.59 bits per heavy atom. The van der Waals surface area contributed by atoms with E-state index in [4.69, 9.17) is 4.74 Å². The Kier molecular flexibility index (Phi) is 10.2. The van der Waals surface area contributed by atoms with Crippen molar-refractivity contribution in [3.8, 4) is 0 Å². The zero-order chi connectivity index (χ0) is 23.6. The van der Waals surface area contributed by atoms with Crippen molar-refractivity contribution in [3.63, 3.8) is 0 Å². The zero-order valence-corrected chi connectivity index (χ0v) is 19.8. The third-order valence-electron chi connectivity index (χ3n) is 5.09. The quantitative estimate of drug-likeness (QED) is 0.505. The first-order chi connectivity index (χ1) is 15.1. The highest BCUT2D eigenvalue weighted by atomic mass is 32.2. The van der Waals surface area contributed by atoms with Crippen LogP contribution in [0.2, 0.25) is 0 Å². The standard InChI is InChI=1S/C24H34N2O5S/c1-19(2)14-15-26(32(3,29)30)17-23(27)22(16-20-10-6-4-7-11-20)25-24(28)31-18-21-12-8-5-9-13-21/h4-13,19,22-23,27H,14-18H2,1-3H3,(H,25,28)/t22?,23-/m0/s1. The third kappa shape index (κ3) is 9.38.